The van der Waals surface area contributed by atoms with Crippen LogP contribution in [0.3, 0.4) is 0 Å². The van der Waals surface area contributed by atoms with Gasteiger partial charge in [-0.1, -0.05) is 13.8 Å². The molecular weight excluding hydrogens is 246 g/mol. The molecule has 1 aromatic rings. The Morgan fingerprint density at radius 2 is 2.23 bits per heavy atom. The maximum atomic E-state index is 3.57. The fourth-order valence-corrected chi connectivity index (χ4v) is 3.17. The minimum atomic E-state index is 0.544. The van der Waals surface area contributed by atoms with E-state index in [0.29, 0.717) is 5.41 Å². The lowest BCUT2D eigenvalue weighted by atomic mass is 9.84. The highest BCUT2D eigenvalue weighted by molar-refractivity contribution is 9.11. The van der Waals surface area contributed by atoms with Crippen LogP contribution in [0, 0.1) is 5.41 Å². The van der Waals surface area contributed by atoms with E-state index in [-0.39, 0.29) is 0 Å². The summed E-state index contributed by atoms with van der Waals surface area (Å²) in [6.07, 6.45) is 0. The molecule has 1 saturated heterocycles. The molecule has 1 fully saturated rings. The van der Waals surface area contributed by atoms with Crippen molar-refractivity contribution in [3.63, 3.8) is 0 Å². The lowest BCUT2D eigenvalue weighted by Crippen LogP contribution is -2.52. The molecule has 1 aliphatic rings. The third-order valence-corrected chi connectivity index (χ3v) is 4.20. The van der Waals surface area contributed by atoms with Gasteiger partial charge >= 0.3 is 0 Å². The zero-order valence-electron chi connectivity index (χ0n) is 8.01. The largest absolute Gasteiger partial charge is 0.298 e. The first-order valence-electron chi connectivity index (χ1n) is 4.51. The lowest BCUT2D eigenvalue weighted by molar-refractivity contribution is 0.0242. The molecule has 72 valence electrons. The summed E-state index contributed by atoms with van der Waals surface area (Å²) in [6.45, 7) is 8.22. The van der Waals surface area contributed by atoms with Crippen molar-refractivity contribution in [2.24, 2.45) is 5.41 Å². The van der Waals surface area contributed by atoms with Gasteiger partial charge in [0, 0.05) is 19.6 Å². The number of rotatable bonds is 2. The van der Waals surface area contributed by atoms with Crippen LogP contribution in [-0.4, -0.2) is 18.0 Å². The Balaban J connectivity index is 1.91. The van der Waals surface area contributed by atoms with Crippen molar-refractivity contribution < 1.29 is 0 Å². The molecular formula is C10H14BrNS. The van der Waals surface area contributed by atoms with Crippen molar-refractivity contribution in [2.45, 2.75) is 20.4 Å². The predicted molar refractivity (Wildman–Crippen MR) is 61.1 cm³/mol. The van der Waals surface area contributed by atoms with Crippen molar-refractivity contribution in [1.29, 1.82) is 0 Å². The summed E-state index contributed by atoms with van der Waals surface area (Å²) in [4.78, 5) is 2.49. The Labute approximate surface area is 91.9 Å². The van der Waals surface area contributed by atoms with E-state index in [1.807, 2.05) is 0 Å². The summed E-state index contributed by atoms with van der Waals surface area (Å²) in [5, 5.41) is 2.14. The van der Waals surface area contributed by atoms with Crippen LogP contribution < -0.4 is 0 Å². The molecule has 0 spiro atoms. The Bertz CT molecular complexity index is 298. The molecule has 1 aliphatic heterocycles. The van der Waals surface area contributed by atoms with Gasteiger partial charge in [-0.15, -0.1) is 11.3 Å². The standard InChI is InChI=1S/C10H14BrNS/c1-10(2)6-12(7-10)5-8-3-4-13-9(8)11/h3-4H,5-7H2,1-2H3. The van der Waals surface area contributed by atoms with Crippen LogP contribution in [0.2, 0.25) is 0 Å². The third kappa shape index (κ3) is 2.14. The molecule has 0 unspecified atom stereocenters. The summed E-state index contributed by atoms with van der Waals surface area (Å²) in [5.74, 6) is 0. The average Bonchev–Trinajstić information content (AvgIpc) is 2.33. The van der Waals surface area contributed by atoms with E-state index in [1.54, 1.807) is 11.3 Å². The normalized spacial score (nSPS) is 21.5. The molecule has 0 radical (unpaired) electrons. The summed E-state index contributed by atoms with van der Waals surface area (Å²) >= 11 is 5.34. The van der Waals surface area contributed by atoms with Gasteiger partial charge in [0.15, 0.2) is 0 Å². The molecule has 0 bridgehead atoms. The monoisotopic (exact) mass is 259 g/mol. The quantitative estimate of drug-likeness (QED) is 0.788. The van der Waals surface area contributed by atoms with Crippen molar-refractivity contribution in [1.82, 2.24) is 4.90 Å². The number of halogens is 1. The smallest absolute Gasteiger partial charge is 0.0743 e. The van der Waals surface area contributed by atoms with E-state index < -0.39 is 0 Å². The summed E-state index contributed by atoms with van der Waals surface area (Å²) < 4.78 is 1.29. The van der Waals surface area contributed by atoms with E-state index in [1.165, 1.54) is 22.4 Å². The van der Waals surface area contributed by atoms with Crippen LogP contribution in [0.5, 0.6) is 0 Å². The fraction of sp³-hybridized carbons (Fsp3) is 0.600. The number of nitrogens with zero attached hydrogens (tertiary/aromatic N) is 1. The van der Waals surface area contributed by atoms with E-state index in [4.69, 9.17) is 0 Å². The van der Waals surface area contributed by atoms with E-state index in [2.05, 4.69) is 46.1 Å². The first-order chi connectivity index (χ1) is 6.07. The SMILES string of the molecule is CC1(C)CN(Cc2ccsc2Br)C1. The Morgan fingerprint density at radius 1 is 1.54 bits per heavy atom. The predicted octanol–water partition coefficient (Wildman–Crippen LogP) is 3.35. The second-order valence-corrected chi connectivity index (χ2v) is 6.76. The van der Waals surface area contributed by atoms with Crippen LogP contribution in [0.4, 0.5) is 0 Å². The van der Waals surface area contributed by atoms with Crippen LogP contribution in [-0.2, 0) is 6.54 Å². The topological polar surface area (TPSA) is 3.24 Å². The first kappa shape index (κ1) is 9.69. The van der Waals surface area contributed by atoms with Crippen molar-refractivity contribution >= 4 is 27.3 Å². The van der Waals surface area contributed by atoms with Crippen molar-refractivity contribution in [3.05, 3.63) is 20.8 Å². The van der Waals surface area contributed by atoms with Gasteiger partial charge in [0.2, 0.25) is 0 Å². The molecule has 0 saturated carbocycles. The third-order valence-electron chi connectivity index (χ3n) is 2.39. The molecule has 0 amide bonds. The first-order valence-corrected chi connectivity index (χ1v) is 6.18. The van der Waals surface area contributed by atoms with E-state index >= 15 is 0 Å². The van der Waals surface area contributed by atoms with Crippen molar-refractivity contribution in [3.8, 4) is 0 Å². The Kier molecular flexibility index (Phi) is 2.51. The molecule has 1 nitrogen and oxygen atoms in total. The van der Waals surface area contributed by atoms with E-state index in [0.717, 1.165) is 6.54 Å². The number of hydrogen-bond acceptors (Lipinski definition) is 2. The van der Waals surface area contributed by atoms with Gasteiger partial charge in [-0.25, -0.2) is 0 Å². The minimum Gasteiger partial charge on any atom is -0.298 e. The molecule has 0 N–H and O–H groups in total. The van der Waals surface area contributed by atoms with Gasteiger partial charge in [-0.3, -0.25) is 4.90 Å². The molecule has 0 aliphatic carbocycles. The second kappa shape index (κ2) is 3.37. The molecule has 3 heteroatoms. The molecule has 0 atom stereocenters. The number of likely N-dealkylation sites (tertiary alicyclic amines) is 1. The highest BCUT2D eigenvalue weighted by Gasteiger charge is 2.33. The molecule has 1 aromatic heterocycles. The summed E-state index contributed by atoms with van der Waals surface area (Å²) in [7, 11) is 0. The highest BCUT2D eigenvalue weighted by Crippen LogP contribution is 2.32. The highest BCUT2D eigenvalue weighted by atomic mass is 79.9. The molecule has 2 rings (SSSR count). The van der Waals surface area contributed by atoms with Gasteiger partial charge in [0.1, 0.15) is 0 Å². The second-order valence-electron chi connectivity index (χ2n) is 4.53. The van der Waals surface area contributed by atoms with Crippen LogP contribution >= 0.6 is 27.3 Å². The zero-order chi connectivity index (χ0) is 9.47. The maximum absolute atomic E-state index is 3.57. The molecule has 13 heavy (non-hydrogen) atoms. The minimum absolute atomic E-state index is 0.544. The molecule has 0 aromatic carbocycles. The van der Waals surface area contributed by atoms with Gasteiger partial charge in [-0.2, -0.15) is 0 Å². The Hall–Kier alpha value is 0.140. The molecule has 2 heterocycles. The zero-order valence-corrected chi connectivity index (χ0v) is 10.4. The van der Waals surface area contributed by atoms with Gasteiger partial charge in [0.25, 0.3) is 0 Å². The van der Waals surface area contributed by atoms with E-state index in [9.17, 15) is 0 Å². The number of thiophene rings is 1. The van der Waals surface area contributed by atoms with Crippen LogP contribution in [0.1, 0.15) is 19.4 Å². The van der Waals surface area contributed by atoms with Crippen LogP contribution in [0.25, 0.3) is 0 Å². The van der Waals surface area contributed by atoms with Gasteiger partial charge in [0.05, 0.1) is 3.79 Å². The summed E-state index contributed by atoms with van der Waals surface area (Å²) in [5.41, 5.74) is 1.98. The Morgan fingerprint density at radius 3 is 2.69 bits per heavy atom. The van der Waals surface area contributed by atoms with Gasteiger partial charge in [-0.05, 0) is 38.4 Å². The maximum Gasteiger partial charge on any atom is 0.0743 e. The average molecular weight is 260 g/mol. The summed E-state index contributed by atoms with van der Waals surface area (Å²) in [6, 6.07) is 2.21. The lowest BCUT2D eigenvalue weighted by Gasteiger charge is -2.45. The van der Waals surface area contributed by atoms with Crippen LogP contribution in [0.15, 0.2) is 15.2 Å². The fourth-order valence-electron chi connectivity index (χ4n) is 1.95. The van der Waals surface area contributed by atoms with Crippen molar-refractivity contribution in [2.75, 3.05) is 13.1 Å². The van der Waals surface area contributed by atoms with Gasteiger partial charge < -0.3 is 0 Å². The number of hydrogen-bond donors (Lipinski definition) is 0.